The van der Waals surface area contributed by atoms with E-state index in [0.717, 1.165) is 66.4 Å². The Hall–Kier alpha value is -5.08. The van der Waals surface area contributed by atoms with Gasteiger partial charge in [0.1, 0.15) is 17.9 Å². The summed E-state index contributed by atoms with van der Waals surface area (Å²) < 4.78 is 2.26. The number of hydroxylamine groups is 2. The molecule has 2 aliphatic rings. The number of pyridine rings is 1. The number of benzene rings is 1. The molecule has 3 aromatic rings. The largest absolute Gasteiger partial charge is 0.382 e. The van der Waals surface area contributed by atoms with Gasteiger partial charge in [-0.05, 0) is 51.0 Å². The predicted molar refractivity (Wildman–Crippen MR) is 179 cm³/mol. The third-order valence-corrected chi connectivity index (χ3v) is 9.07. The Morgan fingerprint density at radius 1 is 0.878 bits per heavy atom. The molecule has 0 unspecified atom stereocenters. The van der Waals surface area contributed by atoms with Gasteiger partial charge in [0.05, 0.1) is 17.6 Å². The van der Waals surface area contributed by atoms with Crippen LogP contribution in [0.1, 0.15) is 77.0 Å². The Bertz CT molecular complexity index is 1710. The van der Waals surface area contributed by atoms with E-state index in [1.807, 2.05) is 18.2 Å². The number of imide groups is 1. The molecule has 0 spiro atoms. The Labute approximate surface area is 283 Å². The van der Waals surface area contributed by atoms with Crippen molar-refractivity contribution in [1.29, 1.82) is 0 Å². The molecule has 1 saturated carbocycles. The highest BCUT2D eigenvalue weighted by Crippen LogP contribution is 2.30. The van der Waals surface area contributed by atoms with E-state index >= 15 is 0 Å². The molecule has 1 aliphatic heterocycles. The molecule has 0 atom stereocenters. The first-order chi connectivity index (χ1) is 23.7. The van der Waals surface area contributed by atoms with Crippen LogP contribution in [0.5, 0.6) is 0 Å². The van der Waals surface area contributed by atoms with Gasteiger partial charge in [-0.3, -0.25) is 24.0 Å². The number of hydrogen-bond acceptors (Lipinski definition) is 10. The molecule has 1 aromatic carbocycles. The minimum absolute atomic E-state index is 0.0102. The number of carbonyl (C=O) groups is 6. The lowest BCUT2D eigenvalue weighted by molar-refractivity contribution is -0.196. The van der Waals surface area contributed by atoms with Crippen LogP contribution < -0.4 is 21.7 Å². The van der Waals surface area contributed by atoms with Gasteiger partial charge in [0, 0.05) is 49.6 Å². The predicted octanol–water partition coefficient (Wildman–Crippen LogP) is 2.05. The number of imidazole rings is 1. The van der Waals surface area contributed by atoms with Crippen LogP contribution in [-0.4, -0.2) is 74.7 Å². The van der Waals surface area contributed by atoms with E-state index in [9.17, 15) is 28.8 Å². The molecule has 15 heteroatoms. The fourth-order valence-electron chi connectivity index (χ4n) is 6.38. The average molecular weight is 677 g/mol. The van der Waals surface area contributed by atoms with Crippen LogP contribution in [-0.2, 0) is 46.6 Å². The molecular weight excluding hydrogens is 632 g/mol. The molecule has 0 radical (unpaired) electrons. The molecular formula is C34H44N8O7. The molecule has 15 nitrogen and oxygen atoms in total. The van der Waals surface area contributed by atoms with Crippen molar-refractivity contribution in [3.63, 3.8) is 0 Å². The summed E-state index contributed by atoms with van der Waals surface area (Å²) in [5, 5.41) is 9.35. The molecule has 3 heterocycles. The number of para-hydroxylation sites is 1. The van der Waals surface area contributed by atoms with Gasteiger partial charge >= 0.3 is 5.97 Å². The number of carbonyl (C=O) groups excluding carboxylic acids is 6. The highest BCUT2D eigenvalue weighted by atomic mass is 16.7. The number of nitrogens with one attached hydrogen (secondary N) is 3. The van der Waals surface area contributed by atoms with Gasteiger partial charge in [0.25, 0.3) is 11.8 Å². The van der Waals surface area contributed by atoms with E-state index in [4.69, 9.17) is 10.7 Å². The molecule has 0 bridgehead atoms. The lowest BCUT2D eigenvalue weighted by Crippen LogP contribution is -2.43. The van der Waals surface area contributed by atoms with Gasteiger partial charge in [-0.25, -0.2) is 14.8 Å². The van der Waals surface area contributed by atoms with Gasteiger partial charge < -0.3 is 31.1 Å². The average Bonchev–Trinajstić information content (AvgIpc) is 3.63. The molecule has 2 aromatic heterocycles. The van der Waals surface area contributed by atoms with Crippen LogP contribution in [0, 0.1) is 11.8 Å². The second-order valence-corrected chi connectivity index (χ2v) is 12.6. The van der Waals surface area contributed by atoms with Crippen molar-refractivity contribution in [2.45, 2.75) is 84.1 Å². The lowest BCUT2D eigenvalue weighted by Gasteiger charge is -2.27. The molecule has 5 rings (SSSR count). The number of nitrogens with two attached hydrogens (primary N) is 1. The number of rotatable bonds is 15. The van der Waals surface area contributed by atoms with Crippen LogP contribution in [0.3, 0.4) is 0 Å². The summed E-state index contributed by atoms with van der Waals surface area (Å²) in [6.45, 7) is 2.55. The first kappa shape index (κ1) is 35.2. The van der Waals surface area contributed by atoms with E-state index in [2.05, 4.69) is 43.3 Å². The van der Waals surface area contributed by atoms with Crippen molar-refractivity contribution in [1.82, 2.24) is 35.5 Å². The van der Waals surface area contributed by atoms with E-state index in [1.54, 1.807) is 0 Å². The van der Waals surface area contributed by atoms with Crippen LogP contribution in [0.15, 0.2) is 24.3 Å². The summed E-state index contributed by atoms with van der Waals surface area (Å²) in [6.07, 6.45) is 6.70. The van der Waals surface area contributed by atoms with Gasteiger partial charge in [-0.1, -0.05) is 31.5 Å². The zero-order valence-electron chi connectivity index (χ0n) is 27.8. The van der Waals surface area contributed by atoms with Crippen molar-refractivity contribution in [2.24, 2.45) is 11.8 Å². The maximum absolute atomic E-state index is 12.9. The van der Waals surface area contributed by atoms with Gasteiger partial charge in [-0.2, -0.15) is 0 Å². The standard InChI is InChI=1S/C34H44N8O7/c1-2-3-10-25-40-30-31(23-8-4-5-9-24(23)39-32(30)35)41(25)18-7-6-17-36-33(47)21-11-13-22(14-12-21)34(48)38-19-26(43)37-20-29(46)49-42-27(44)15-16-28(42)45/h4-5,8-9,21-22H,2-3,6-7,10-20H2,1H3,(H2,35,39)(H,36,47)(H,37,43)(H,38,48)/t21-,22-. The summed E-state index contributed by atoms with van der Waals surface area (Å²) in [7, 11) is 0. The van der Waals surface area contributed by atoms with Crippen molar-refractivity contribution < 1.29 is 33.6 Å². The zero-order valence-corrected chi connectivity index (χ0v) is 27.8. The number of aryl methyl sites for hydroxylation is 2. The molecule has 1 saturated heterocycles. The topological polar surface area (TPSA) is 208 Å². The molecule has 2 fully saturated rings. The quantitative estimate of drug-likeness (QED) is 0.136. The smallest absolute Gasteiger partial charge is 0.352 e. The minimum Gasteiger partial charge on any atom is -0.382 e. The minimum atomic E-state index is -0.972. The SMILES string of the molecule is CCCCc1nc2c(N)nc3ccccc3c2n1CCCCNC(=O)[C@H]1CC[C@H](C(=O)NCC(=O)NCC(=O)ON2C(=O)CCC2=O)CC1. The fraction of sp³-hybridized carbons (Fsp3) is 0.529. The second kappa shape index (κ2) is 16.3. The number of nitrogens with zero attached hydrogens (tertiary/aromatic N) is 4. The number of aromatic nitrogens is 3. The maximum atomic E-state index is 12.9. The molecule has 1 aliphatic carbocycles. The Kier molecular flexibility index (Phi) is 11.8. The number of hydrogen-bond donors (Lipinski definition) is 4. The van der Waals surface area contributed by atoms with E-state index in [0.29, 0.717) is 43.1 Å². The third kappa shape index (κ3) is 8.69. The summed E-state index contributed by atoms with van der Waals surface area (Å²) >= 11 is 0. The van der Waals surface area contributed by atoms with Crippen LogP contribution in [0.4, 0.5) is 5.82 Å². The van der Waals surface area contributed by atoms with Crippen molar-refractivity contribution in [2.75, 3.05) is 25.4 Å². The number of amides is 5. The van der Waals surface area contributed by atoms with Crippen LogP contribution in [0.2, 0.25) is 0 Å². The van der Waals surface area contributed by atoms with E-state index in [1.165, 1.54) is 0 Å². The highest BCUT2D eigenvalue weighted by Gasteiger charge is 2.33. The van der Waals surface area contributed by atoms with Gasteiger partial charge in [-0.15, -0.1) is 5.06 Å². The van der Waals surface area contributed by atoms with Crippen molar-refractivity contribution in [3.05, 3.63) is 30.1 Å². The zero-order chi connectivity index (χ0) is 34.9. The van der Waals surface area contributed by atoms with Crippen LogP contribution in [0.25, 0.3) is 21.9 Å². The summed E-state index contributed by atoms with van der Waals surface area (Å²) in [4.78, 5) is 86.6. The fourth-order valence-corrected chi connectivity index (χ4v) is 6.38. The normalized spacial score (nSPS) is 17.8. The molecule has 5 amide bonds. The first-order valence-corrected chi connectivity index (χ1v) is 17.1. The number of unbranched alkanes of at least 4 members (excludes halogenated alkanes) is 2. The molecule has 262 valence electrons. The molecule has 49 heavy (non-hydrogen) atoms. The second-order valence-electron chi connectivity index (χ2n) is 12.6. The highest BCUT2D eigenvalue weighted by molar-refractivity contribution is 6.06. The van der Waals surface area contributed by atoms with Gasteiger partial charge in [0.2, 0.25) is 17.7 Å². The summed E-state index contributed by atoms with van der Waals surface area (Å²) in [5.41, 5.74) is 8.90. The summed E-state index contributed by atoms with van der Waals surface area (Å²) in [6, 6.07) is 7.95. The lowest BCUT2D eigenvalue weighted by atomic mass is 9.81. The number of anilines is 1. The first-order valence-electron chi connectivity index (χ1n) is 17.1. The van der Waals surface area contributed by atoms with Gasteiger partial charge in [0.15, 0.2) is 5.82 Å². The third-order valence-electron chi connectivity index (χ3n) is 9.07. The summed E-state index contributed by atoms with van der Waals surface area (Å²) in [5.74, 6) is -2.18. The van der Waals surface area contributed by atoms with Crippen molar-refractivity contribution in [3.8, 4) is 0 Å². The maximum Gasteiger partial charge on any atom is 0.352 e. The number of fused-ring (bicyclic) bond motifs is 3. The Morgan fingerprint density at radius 2 is 1.55 bits per heavy atom. The molecule has 5 N–H and O–H groups in total. The Morgan fingerprint density at radius 3 is 2.24 bits per heavy atom. The number of nitrogen functional groups attached to an aromatic ring is 1. The van der Waals surface area contributed by atoms with E-state index in [-0.39, 0.29) is 43.0 Å². The monoisotopic (exact) mass is 676 g/mol. The van der Waals surface area contributed by atoms with Crippen molar-refractivity contribution >= 4 is 63.3 Å². The van der Waals surface area contributed by atoms with Crippen LogP contribution >= 0.6 is 0 Å². The Balaban J connectivity index is 1.00. The van der Waals surface area contributed by atoms with E-state index < -0.39 is 30.2 Å².